The highest BCUT2D eigenvalue weighted by atomic mass is 32.2. The smallest absolute Gasteiger partial charge is 0.255 e. The Morgan fingerprint density at radius 1 is 1.06 bits per heavy atom. The Morgan fingerprint density at radius 2 is 1.88 bits per heavy atom. The van der Waals surface area contributed by atoms with E-state index in [1.54, 1.807) is 18.2 Å². The van der Waals surface area contributed by atoms with Crippen molar-refractivity contribution >= 4 is 55.9 Å². The van der Waals surface area contributed by atoms with Gasteiger partial charge in [-0.25, -0.2) is 9.37 Å². The van der Waals surface area contributed by atoms with Gasteiger partial charge in [-0.15, -0.1) is 11.8 Å². The van der Waals surface area contributed by atoms with Crippen LogP contribution in [0.25, 0.3) is 10.2 Å². The molecule has 9 heteroatoms. The summed E-state index contributed by atoms with van der Waals surface area (Å²) in [6, 6.07) is 18.2. The Hall–Kier alpha value is -3.43. The average Bonchev–Trinajstić information content (AvgIpc) is 3.20. The van der Waals surface area contributed by atoms with Gasteiger partial charge in [0.25, 0.3) is 5.91 Å². The quantitative estimate of drug-likeness (QED) is 0.310. The summed E-state index contributed by atoms with van der Waals surface area (Å²) >= 11 is 2.74. The van der Waals surface area contributed by atoms with Crippen LogP contribution in [-0.4, -0.2) is 29.2 Å². The van der Waals surface area contributed by atoms with Crippen molar-refractivity contribution in [1.82, 2.24) is 4.98 Å². The van der Waals surface area contributed by atoms with Gasteiger partial charge in [0.15, 0.2) is 5.13 Å². The lowest BCUT2D eigenvalue weighted by Crippen LogP contribution is -2.14. The van der Waals surface area contributed by atoms with E-state index in [0.717, 1.165) is 20.9 Å². The topological polar surface area (TPSA) is 80.3 Å². The molecular weight excluding hydrogens is 461 g/mol. The zero-order chi connectivity index (χ0) is 23.2. The summed E-state index contributed by atoms with van der Waals surface area (Å²) in [5.41, 5.74) is 1.75. The number of carbonyl (C=O) groups excluding carboxylic acids is 2. The minimum atomic E-state index is -0.399. The van der Waals surface area contributed by atoms with Crippen molar-refractivity contribution in [2.24, 2.45) is 0 Å². The third-order valence-corrected chi connectivity index (χ3v) is 6.41. The average molecular weight is 482 g/mol. The maximum atomic E-state index is 13.0. The van der Waals surface area contributed by atoms with Gasteiger partial charge in [-0.2, -0.15) is 0 Å². The number of hydrogen-bond donors (Lipinski definition) is 2. The lowest BCUT2D eigenvalue weighted by Gasteiger charge is -2.07. The molecule has 0 saturated carbocycles. The van der Waals surface area contributed by atoms with E-state index >= 15 is 0 Å². The Balaban J connectivity index is 1.33. The monoisotopic (exact) mass is 481 g/mol. The van der Waals surface area contributed by atoms with Crippen LogP contribution in [0.15, 0.2) is 71.6 Å². The number of ether oxygens (including phenoxy) is 1. The summed E-state index contributed by atoms with van der Waals surface area (Å²) in [6.45, 7) is 2.51. The fourth-order valence-electron chi connectivity index (χ4n) is 2.99. The minimum Gasteiger partial charge on any atom is -0.494 e. The first-order chi connectivity index (χ1) is 16.0. The van der Waals surface area contributed by atoms with Crippen LogP contribution in [0.3, 0.4) is 0 Å². The van der Waals surface area contributed by atoms with Gasteiger partial charge < -0.3 is 15.4 Å². The standard InChI is InChI=1S/C24H20FN3O3S2/c1-2-31-18-10-11-20-21(13-18)33-24(27-20)28-22(29)14-32-19-5-3-4-17(12-19)26-23(30)15-6-8-16(25)9-7-15/h3-13H,2,14H2,1H3,(H,26,30)(H,27,28,29). The molecule has 0 unspecified atom stereocenters. The molecule has 0 aliphatic carbocycles. The number of thioether (sulfide) groups is 1. The molecule has 2 amide bonds. The summed E-state index contributed by atoms with van der Waals surface area (Å²) in [5, 5.41) is 6.14. The van der Waals surface area contributed by atoms with Crippen LogP contribution in [0.5, 0.6) is 5.75 Å². The first kappa shape index (κ1) is 22.8. The number of carbonyl (C=O) groups is 2. The van der Waals surface area contributed by atoms with Gasteiger partial charge >= 0.3 is 0 Å². The van der Waals surface area contributed by atoms with Gasteiger partial charge in [-0.05, 0) is 67.6 Å². The Morgan fingerprint density at radius 3 is 2.67 bits per heavy atom. The molecule has 0 fully saturated rings. The van der Waals surface area contributed by atoms with E-state index in [9.17, 15) is 14.0 Å². The molecular formula is C24H20FN3O3S2. The third-order valence-electron chi connectivity index (χ3n) is 4.49. The van der Waals surface area contributed by atoms with Crippen LogP contribution in [0, 0.1) is 5.82 Å². The molecule has 0 saturated heterocycles. The van der Waals surface area contributed by atoms with E-state index in [4.69, 9.17) is 4.74 Å². The fourth-order valence-corrected chi connectivity index (χ4v) is 4.65. The summed E-state index contributed by atoms with van der Waals surface area (Å²) in [4.78, 5) is 30.0. The van der Waals surface area contributed by atoms with Gasteiger partial charge in [-0.1, -0.05) is 17.4 Å². The molecule has 0 aliphatic rings. The second kappa shape index (κ2) is 10.5. The SMILES string of the molecule is CCOc1ccc2nc(NC(=O)CSc3cccc(NC(=O)c4ccc(F)cc4)c3)sc2c1. The van der Waals surface area contributed by atoms with Gasteiger partial charge in [0.1, 0.15) is 11.6 Å². The maximum absolute atomic E-state index is 13.0. The van der Waals surface area contributed by atoms with Gasteiger partial charge in [0.05, 0.1) is 22.6 Å². The first-order valence-corrected chi connectivity index (χ1v) is 11.9. The number of benzene rings is 3. The summed E-state index contributed by atoms with van der Waals surface area (Å²) in [5.74, 6) is 0.0519. The van der Waals surface area contributed by atoms with E-state index in [2.05, 4.69) is 15.6 Å². The molecule has 33 heavy (non-hydrogen) atoms. The molecule has 168 valence electrons. The zero-order valence-corrected chi connectivity index (χ0v) is 19.3. The van der Waals surface area contributed by atoms with Crippen LogP contribution >= 0.6 is 23.1 Å². The Labute approximate surface area is 198 Å². The predicted molar refractivity (Wildman–Crippen MR) is 131 cm³/mol. The molecule has 1 heterocycles. The molecule has 0 atom stereocenters. The lowest BCUT2D eigenvalue weighted by atomic mass is 10.2. The number of hydrogen-bond acceptors (Lipinski definition) is 6. The fraction of sp³-hybridized carbons (Fsp3) is 0.125. The second-order valence-electron chi connectivity index (χ2n) is 6.91. The molecule has 1 aromatic heterocycles. The molecule has 4 rings (SSSR count). The predicted octanol–water partition coefficient (Wildman–Crippen LogP) is 5.82. The number of thiazole rings is 1. The van der Waals surface area contributed by atoms with E-state index < -0.39 is 5.82 Å². The zero-order valence-electron chi connectivity index (χ0n) is 17.6. The Bertz CT molecular complexity index is 1290. The molecule has 0 aliphatic heterocycles. The van der Waals surface area contributed by atoms with Crippen LogP contribution in [-0.2, 0) is 4.79 Å². The minimum absolute atomic E-state index is 0.176. The number of halogens is 1. The lowest BCUT2D eigenvalue weighted by molar-refractivity contribution is -0.113. The highest BCUT2D eigenvalue weighted by Gasteiger charge is 2.11. The van der Waals surface area contributed by atoms with Gasteiger partial charge in [0, 0.05) is 16.1 Å². The largest absolute Gasteiger partial charge is 0.494 e. The normalized spacial score (nSPS) is 10.7. The highest BCUT2D eigenvalue weighted by molar-refractivity contribution is 8.00. The number of nitrogens with one attached hydrogen (secondary N) is 2. The molecule has 0 radical (unpaired) electrons. The molecule has 2 N–H and O–H groups in total. The maximum Gasteiger partial charge on any atom is 0.255 e. The summed E-state index contributed by atoms with van der Waals surface area (Å²) in [6.07, 6.45) is 0. The van der Waals surface area contributed by atoms with Crippen molar-refractivity contribution < 1.29 is 18.7 Å². The number of anilines is 2. The number of amides is 2. The molecule has 3 aromatic carbocycles. The van der Waals surface area contributed by atoms with Crippen molar-refractivity contribution in [1.29, 1.82) is 0 Å². The second-order valence-corrected chi connectivity index (χ2v) is 8.99. The number of fused-ring (bicyclic) bond motifs is 1. The van der Waals surface area contributed by atoms with E-state index in [1.165, 1.54) is 47.4 Å². The first-order valence-electron chi connectivity index (χ1n) is 10.1. The Kier molecular flexibility index (Phi) is 7.21. The van der Waals surface area contributed by atoms with E-state index in [-0.39, 0.29) is 17.6 Å². The number of aromatic nitrogens is 1. The molecule has 0 spiro atoms. The van der Waals surface area contributed by atoms with Gasteiger partial charge in [0.2, 0.25) is 5.91 Å². The number of nitrogens with zero attached hydrogens (tertiary/aromatic N) is 1. The number of rotatable bonds is 8. The van der Waals surface area contributed by atoms with E-state index in [0.29, 0.717) is 23.0 Å². The molecule has 6 nitrogen and oxygen atoms in total. The summed E-state index contributed by atoms with van der Waals surface area (Å²) < 4.78 is 19.5. The van der Waals surface area contributed by atoms with Crippen molar-refractivity contribution in [3.63, 3.8) is 0 Å². The van der Waals surface area contributed by atoms with Crippen LogP contribution in [0.2, 0.25) is 0 Å². The van der Waals surface area contributed by atoms with Crippen molar-refractivity contribution in [3.8, 4) is 5.75 Å². The van der Waals surface area contributed by atoms with Crippen LogP contribution < -0.4 is 15.4 Å². The molecule has 4 aromatic rings. The van der Waals surface area contributed by atoms with Crippen molar-refractivity contribution in [3.05, 3.63) is 78.1 Å². The summed E-state index contributed by atoms with van der Waals surface area (Å²) in [7, 11) is 0. The van der Waals surface area contributed by atoms with Crippen LogP contribution in [0.4, 0.5) is 15.2 Å². The van der Waals surface area contributed by atoms with Gasteiger partial charge in [-0.3, -0.25) is 9.59 Å². The third kappa shape index (κ3) is 6.09. The van der Waals surface area contributed by atoms with Crippen molar-refractivity contribution in [2.45, 2.75) is 11.8 Å². The molecule has 0 bridgehead atoms. The van der Waals surface area contributed by atoms with Crippen molar-refractivity contribution in [2.75, 3.05) is 23.0 Å². The highest BCUT2D eigenvalue weighted by Crippen LogP contribution is 2.30. The van der Waals surface area contributed by atoms with E-state index in [1.807, 2.05) is 31.2 Å². The van der Waals surface area contributed by atoms with Crippen LogP contribution in [0.1, 0.15) is 17.3 Å².